The van der Waals surface area contributed by atoms with Crippen LogP contribution in [-0.4, -0.2) is 37.5 Å². The average Bonchev–Trinajstić information content (AvgIpc) is 3.02. The highest BCUT2D eigenvalue weighted by Gasteiger charge is 2.28. The molecule has 1 heterocycles. The Hall–Kier alpha value is -3.47. The van der Waals surface area contributed by atoms with Crippen LogP contribution in [0.5, 0.6) is 0 Å². The molecule has 10 nitrogen and oxygen atoms in total. The van der Waals surface area contributed by atoms with E-state index in [4.69, 9.17) is 0 Å². The van der Waals surface area contributed by atoms with Crippen molar-refractivity contribution in [3.8, 4) is 0 Å². The Morgan fingerprint density at radius 2 is 1.83 bits per heavy atom. The Balaban J connectivity index is 1.72. The van der Waals surface area contributed by atoms with Gasteiger partial charge in [0, 0.05) is 24.4 Å². The highest BCUT2D eigenvalue weighted by Crippen LogP contribution is 2.26. The Bertz CT molecular complexity index is 1100. The molecule has 0 bridgehead atoms. The molecule has 0 saturated carbocycles. The molecule has 0 spiro atoms. The molecule has 2 aromatic rings. The first-order valence-electron chi connectivity index (χ1n) is 8.65. The van der Waals surface area contributed by atoms with Crippen LogP contribution < -0.4 is 14.9 Å². The number of rotatable bonds is 4. The number of nitrogens with zero attached hydrogens (tertiary/aromatic N) is 2. The normalized spacial score (nSPS) is 15.0. The molecule has 3 rings (SSSR count). The zero-order chi connectivity index (χ0) is 21.2. The molecule has 2 amide bonds. The lowest BCUT2D eigenvalue weighted by molar-refractivity contribution is -0.384. The molecule has 0 aromatic heterocycles. The molecule has 2 aromatic carbocycles. The van der Waals surface area contributed by atoms with Crippen molar-refractivity contribution >= 4 is 44.6 Å². The van der Waals surface area contributed by atoms with E-state index in [1.54, 1.807) is 19.1 Å². The van der Waals surface area contributed by atoms with Crippen LogP contribution >= 0.6 is 0 Å². The molecule has 2 N–H and O–H groups in total. The molecule has 29 heavy (non-hydrogen) atoms. The van der Waals surface area contributed by atoms with Gasteiger partial charge in [-0.15, -0.1) is 0 Å². The molecule has 152 valence electrons. The summed E-state index contributed by atoms with van der Waals surface area (Å²) in [7, 11) is -3.37. The smallest absolute Gasteiger partial charge is 0.314 e. The fraction of sp³-hybridized carbons (Fsp3) is 0.222. The summed E-state index contributed by atoms with van der Waals surface area (Å²) in [5.74, 6) is -1.93. The van der Waals surface area contributed by atoms with Crippen molar-refractivity contribution in [3.05, 3.63) is 58.1 Å². The fourth-order valence-corrected chi connectivity index (χ4v) is 4.45. The van der Waals surface area contributed by atoms with Crippen molar-refractivity contribution in [2.24, 2.45) is 0 Å². The number of nitro groups is 1. The second-order valence-corrected chi connectivity index (χ2v) is 8.47. The third-order valence-corrected chi connectivity index (χ3v) is 6.25. The van der Waals surface area contributed by atoms with Crippen LogP contribution in [0.4, 0.5) is 22.7 Å². The van der Waals surface area contributed by atoms with Gasteiger partial charge in [-0.1, -0.05) is 12.1 Å². The van der Waals surface area contributed by atoms with E-state index in [0.717, 1.165) is 0 Å². The summed E-state index contributed by atoms with van der Waals surface area (Å²) in [6, 6.07) is 10.1. The van der Waals surface area contributed by atoms with Crippen molar-refractivity contribution in [2.45, 2.75) is 13.3 Å². The van der Waals surface area contributed by atoms with Crippen LogP contribution in [0.15, 0.2) is 42.5 Å². The monoisotopic (exact) mass is 418 g/mol. The number of sulfonamides is 1. The number of benzene rings is 2. The Labute approximate surface area is 166 Å². The van der Waals surface area contributed by atoms with Gasteiger partial charge in [0.1, 0.15) is 0 Å². The van der Waals surface area contributed by atoms with Gasteiger partial charge in [-0.25, -0.2) is 8.42 Å². The maximum atomic E-state index is 12.2. The maximum Gasteiger partial charge on any atom is 0.314 e. The fourth-order valence-electron chi connectivity index (χ4n) is 2.89. The van der Waals surface area contributed by atoms with Gasteiger partial charge in [0.2, 0.25) is 10.0 Å². The second-order valence-electron chi connectivity index (χ2n) is 6.46. The minimum Gasteiger partial charge on any atom is -0.318 e. The predicted molar refractivity (Wildman–Crippen MR) is 107 cm³/mol. The largest absolute Gasteiger partial charge is 0.318 e. The van der Waals surface area contributed by atoms with Crippen molar-refractivity contribution < 1.29 is 22.9 Å². The van der Waals surface area contributed by atoms with E-state index in [1.165, 1.54) is 34.6 Å². The number of aryl methyl sites for hydroxylation is 1. The Morgan fingerprint density at radius 3 is 2.48 bits per heavy atom. The third kappa shape index (κ3) is 4.51. The molecule has 1 fully saturated rings. The van der Waals surface area contributed by atoms with Gasteiger partial charge < -0.3 is 10.6 Å². The lowest BCUT2D eigenvalue weighted by atomic mass is 10.2. The minimum absolute atomic E-state index is 0.0640. The summed E-state index contributed by atoms with van der Waals surface area (Å²) >= 11 is 0. The number of hydrogen-bond donors (Lipinski definition) is 2. The number of anilines is 3. The first kappa shape index (κ1) is 20.3. The summed E-state index contributed by atoms with van der Waals surface area (Å²) in [5, 5.41) is 15.6. The highest BCUT2D eigenvalue weighted by molar-refractivity contribution is 7.93. The van der Waals surface area contributed by atoms with E-state index in [1.807, 2.05) is 0 Å². The topological polar surface area (TPSA) is 139 Å². The molecular formula is C18H18N4O6S. The van der Waals surface area contributed by atoms with Crippen molar-refractivity contribution in [3.63, 3.8) is 0 Å². The summed E-state index contributed by atoms with van der Waals surface area (Å²) in [4.78, 5) is 34.7. The molecule has 1 aliphatic heterocycles. The van der Waals surface area contributed by atoms with E-state index in [9.17, 15) is 28.1 Å². The van der Waals surface area contributed by atoms with E-state index in [0.29, 0.717) is 24.2 Å². The number of carbonyl (C=O) groups excluding carboxylic acids is 2. The number of nitro benzene ring substituents is 1. The van der Waals surface area contributed by atoms with Crippen molar-refractivity contribution in [1.82, 2.24) is 0 Å². The molecule has 0 aliphatic carbocycles. The van der Waals surface area contributed by atoms with Gasteiger partial charge in [0.05, 0.1) is 22.1 Å². The first-order valence-corrected chi connectivity index (χ1v) is 10.3. The number of hydrogen-bond acceptors (Lipinski definition) is 6. The number of carbonyl (C=O) groups is 2. The standard InChI is InChI=1S/C18H18N4O6S/c1-12-6-7-15(22(25)26)11-16(12)20-18(24)17(23)19-13-4-2-5-14(10-13)21-8-3-9-29(21,27)28/h2,4-7,10-11H,3,8-9H2,1H3,(H,19,23)(H,20,24). The molecule has 0 atom stereocenters. The summed E-state index contributed by atoms with van der Waals surface area (Å²) in [5.41, 5.74) is 1.14. The molecule has 11 heteroatoms. The lowest BCUT2D eigenvalue weighted by Crippen LogP contribution is -2.29. The first-order chi connectivity index (χ1) is 13.7. The van der Waals surface area contributed by atoms with E-state index < -0.39 is 26.8 Å². The van der Waals surface area contributed by atoms with Crippen LogP contribution in [0.3, 0.4) is 0 Å². The minimum atomic E-state index is -3.37. The summed E-state index contributed by atoms with van der Waals surface area (Å²) in [6.07, 6.45) is 0.518. The highest BCUT2D eigenvalue weighted by atomic mass is 32.2. The molecular weight excluding hydrogens is 400 g/mol. The Kier molecular flexibility index (Phi) is 5.50. The van der Waals surface area contributed by atoms with Gasteiger partial charge in [-0.2, -0.15) is 0 Å². The quantitative estimate of drug-likeness (QED) is 0.442. The van der Waals surface area contributed by atoms with E-state index in [-0.39, 0.29) is 22.8 Å². The molecule has 0 radical (unpaired) electrons. The van der Waals surface area contributed by atoms with Gasteiger partial charge in [-0.05, 0) is 37.1 Å². The summed E-state index contributed by atoms with van der Waals surface area (Å²) in [6.45, 7) is 1.99. The zero-order valence-corrected chi connectivity index (χ0v) is 16.2. The zero-order valence-electron chi connectivity index (χ0n) is 15.4. The maximum absolute atomic E-state index is 12.2. The summed E-state index contributed by atoms with van der Waals surface area (Å²) < 4.78 is 25.3. The number of nitrogens with one attached hydrogen (secondary N) is 2. The Morgan fingerprint density at radius 1 is 1.10 bits per heavy atom. The molecule has 1 saturated heterocycles. The van der Waals surface area contributed by atoms with Gasteiger partial charge in [0.15, 0.2) is 0 Å². The number of amides is 2. The number of non-ortho nitro benzene ring substituents is 1. The third-order valence-electron chi connectivity index (χ3n) is 4.38. The van der Waals surface area contributed by atoms with E-state index in [2.05, 4.69) is 10.6 Å². The molecule has 0 unspecified atom stereocenters. The van der Waals surface area contributed by atoms with E-state index >= 15 is 0 Å². The van der Waals surface area contributed by atoms with Crippen molar-refractivity contribution in [2.75, 3.05) is 27.2 Å². The predicted octanol–water partition coefficient (Wildman–Crippen LogP) is 2.02. The van der Waals surface area contributed by atoms with Crippen LogP contribution in [-0.2, 0) is 19.6 Å². The molecule has 1 aliphatic rings. The van der Waals surface area contributed by atoms with Gasteiger partial charge >= 0.3 is 11.8 Å². The average molecular weight is 418 g/mol. The van der Waals surface area contributed by atoms with Crippen molar-refractivity contribution in [1.29, 1.82) is 0 Å². The van der Waals surface area contributed by atoms with Crippen LogP contribution in [0.25, 0.3) is 0 Å². The van der Waals surface area contributed by atoms with Crippen LogP contribution in [0.1, 0.15) is 12.0 Å². The second kappa shape index (κ2) is 7.87. The SMILES string of the molecule is Cc1ccc([N+](=O)[O-])cc1NC(=O)C(=O)Nc1cccc(N2CCCS2(=O)=O)c1. The van der Waals surface area contributed by atoms with Crippen LogP contribution in [0.2, 0.25) is 0 Å². The van der Waals surface area contributed by atoms with Gasteiger partial charge in [-0.3, -0.25) is 24.0 Å². The van der Waals surface area contributed by atoms with Crippen LogP contribution in [0, 0.1) is 17.0 Å². The lowest BCUT2D eigenvalue weighted by Gasteiger charge is -2.17. The van der Waals surface area contributed by atoms with Gasteiger partial charge in [0.25, 0.3) is 5.69 Å².